The fraction of sp³-hybridized carbons (Fsp3) is 0.471. The summed E-state index contributed by atoms with van der Waals surface area (Å²) in [5.74, 6) is 1.17. The number of hydrogen-bond acceptors (Lipinski definition) is 5. The van der Waals surface area contributed by atoms with E-state index in [0.717, 1.165) is 44.1 Å². The molecule has 7 nitrogen and oxygen atoms in total. The van der Waals surface area contributed by atoms with Gasteiger partial charge in [0.25, 0.3) is 0 Å². The molecule has 3 heterocycles. The van der Waals surface area contributed by atoms with Gasteiger partial charge < -0.3 is 9.80 Å². The number of pyridine rings is 1. The monoisotopic (exact) mass is 328 g/mol. The molecule has 1 aliphatic rings. The molecule has 24 heavy (non-hydrogen) atoms. The molecule has 0 aliphatic carbocycles. The highest BCUT2D eigenvalue weighted by Crippen LogP contribution is 2.12. The van der Waals surface area contributed by atoms with Gasteiger partial charge in [-0.1, -0.05) is 6.07 Å². The SMILES string of the molecule is CN(CC(=O)N1CCN(c2ccccn2)CC1)Cc1cnn(C)c1. The van der Waals surface area contributed by atoms with Gasteiger partial charge in [0.1, 0.15) is 5.82 Å². The van der Waals surface area contributed by atoms with Crippen LogP contribution in [0, 0.1) is 0 Å². The number of likely N-dealkylation sites (N-methyl/N-ethyl adjacent to an activating group) is 1. The van der Waals surface area contributed by atoms with Crippen molar-refractivity contribution in [2.24, 2.45) is 7.05 Å². The number of carbonyl (C=O) groups is 1. The van der Waals surface area contributed by atoms with Gasteiger partial charge in [-0.3, -0.25) is 14.4 Å². The Bertz CT molecular complexity index is 663. The van der Waals surface area contributed by atoms with E-state index in [1.807, 2.05) is 54.5 Å². The smallest absolute Gasteiger partial charge is 0.236 e. The predicted molar refractivity (Wildman–Crippen MR) is 92.6 cm³/mol. The van der Waals surface area contributed by atoms with Crippen LogP contribution in [0.25, 0.3) is 0 Å². The summed E-state index contributed by atoms with van der Waals surface area (Å²) < 4.78 is 1.78. The first-order chi connectivity index (χ1) is 11.6. The lowest BCUT2D eigenvalue weighted by Gasteiger charge is -2.36. The summed E-state index contributed by atoms with van der Waals surface area (Å²) in [4.78, 5) is 23.1. The van der Waals surface area contributed by atoms with Crippen LogP contribution < -0.4 is 4.90 Å². The van der Waals surface area contributed by atoms with Crippen molar-refractivity contribution >= 4 is 11.7 Å². The highest BCUT2D eigenvalue weighted by atomic mass is 16.2. The standard InChI is InChI=1S/C17H24N6O/c1-20(12-15-11-19-21(2)13-15)14-17(24)23-9-7-22(8-10-23)16-5-3-4-6-18-16/h3-6,11,13H,7-10,12,14H2,1-2H3. The van der Waals surface area contributed by atoms with E-state index in [4.69, 9.17) is 0 Å². The van der Waals surface area contributed by atoms with Crippen LogP contribution in [0.2, 0.25) is 0 Å². The molecule has 0 unspecified atom stereocenters. The van der Waals surface area contributed by atoms with Crippen molar-refractivity contribution in [1.29, 1.82) is 0 Å². The third-order valence-corrected chi connectivity index (χ3v) is 4.22. The number of anilines is 1. The van der Waals surface area contributed by atoms with E-state index in [1.54, 1.807) is 10.9 Å². The molecular weight excluding hydrogens is 304 g/mol. The first-order valence-electron chi connectivity index (χ1n) is 8.21. The molecule has 2 aromatic heterocycles. The Balaban J connectivity index is 1.46. The van der Waals surface area contributed by atoms with Gasteiger partial charge in [-0.25, -0.2) is 4.98 Å². The summed E-state index contributed by atoms with van der Waals surface area (Å²) in [6.45, 7) is 4.31. The van der Waals surface area contributed by atoms with Crippen LogP contribution in [-0.2, 0) is 18.4 Å². The zero-order valence-electron chi connectivity index (χ0n) is 14.3. The number of amides is 1. The second kappa shape index (κ2) is 7.44. The van der Waals surface area contributed by atoms with Crippen molar-refractivity contribution in [3.05, 3.63) is 42.4 Å². The number of carbonyl (C=O) groups excluding carboxylic acids is 1. The van der Waals surface area contributed by atoms with Gasteiger partial charge in [0, 0.05) is 57.7 Å². The molecule has 0 bridgehead atoms. The lowest BCUT2D eigenvalue weighted by Crippen LogP contribution is -2.51. The number of hydrogen-bond donors (Lipinski definition) is 0. The summed E-state index contributed by atoms with van der Waals surface area (Å²) in [7, 11) is 3.87. The number of aryl methyl sites for hydroxylation is 1. The zero-order valence-corrected chi connectivity index (χ0v) is 14.3. The van der Waals surface area contributed by atoms with Crippen LogP contribution in [0.3, 0.4) is 0 Å². The first-order valence-corrected chi connectivity index (χ1v) is 8.21. The lowest BCUT2D eigenvalue weighted by atomic mass is 10.3. The average molecular weight is 328 g/mol. The van der Waals surface area contributed by atoms with Crippen molar-refractivity contribution in [3.63, 3.8) is 0 Å². The van der Waals surface area contributed by atoms with Crippen LogP contribution in [-0.4, -0.2) is 70.2 Å². The Hall–Kier alpha value is -2.41. The van der Waals surface area contributed by atoms with E-state index in [0.29, 0.717) is 6.54 Å². The van der Waals surface area contributed by atoms with Crippen molar-refractivity contribution in [1.82, 2.24) is 24.6 Å². The van der Waals surface area contributed by atoms with Crippen molar-refractivity contribution < 1.29 is 4.79 Å². The molecular formula is C17H24N6O. The minimum atomic E-state index is 0.182. The number of aromatic nitrogens is 3. The normalized spacial score (nSPS) is 15.1. The molecule has 0 aromatic carbocycles. The molecule has 0 atom stereocenters. The maximum absolute atomic E-state index is 12.5. The minimum absolute atomic E-state index is 0.182. The highest BCUT2D eigenvalue weighted by Gasteiger charge is 2.22. The topological polar surface area (TPSA) is 57.5 Å². The van der Waals surface area contributed by atoms with Gasteiger partial charge in [0.05, 0.1) is 12.7 Å². The second-order valence-corrected chi connectivity index (χ2v) is 6.25. The molecule has 7 heteroatoms. The number of piperazine rings is 1. The van der Waals surface area contributed by atoms with Gasteiger partial charge in [-0.05, 0) is 19.2 Å². The predicted octanol–water partition coefficient (Wildman–Crippen LogP) is 0.596. The van der Waals surface area contributed by atoms with Gasteiger partial charge in [-0.15, -0.1) is 0 Å². The van der Waals surface area contributed by atoms with E-state index in [-0.39, 0.29) is 5.91 Å². The van der Waals surface area contributed by atoms with Gasteiger partial charge in [0.2, 0.25) is 5.91 Å². The summed E-state index contributed by atoms with van der Waals surface area (Å²) in [5, 5.41) is 4.16. The second-order valence-electron chi connectivity index (χ2n) is 6.25. The summed E-state index contributed by atoms with van der Waals surface area (Å²) in [5.41, 5.74) is 1.12. The lowest BCUT2D eigenvalue weighted by molar-refractivity contribution is -0.132. The van der Waals surface area contributed by atoms with E-state index in [2.05, 4.69) is 15.0 Å². The van der Waals surface area contributed by atoms with Gasteiger partial charge in [0.15, 0.2) is 0 Å². The molecule has 1 amide bonds. The largest absolute Gasteiger partial charge is 0.353 e. The molecule has 1 fully saturated rings. The third kappa shape index (κ3) is 4.11. The van der Waals surface area contributed by atoms with Crippen LogP contribution in [0.15, 0.2) is 36.8 Å². The Morgan fingerprint density at radius 1 is 1.25 bits per heavy atom. The fourth-order valence-electron chi connectivity index (χ4n) is 2.98. The van der Waals surface area contributed by atoms with Crippen LogP contribution in [0.4, 0.5) is 5.82 Å². The molecule has 0 saturated carbocycles. The van der Waals surface area contributed by atoms with E-state index in [1.165, 1.54) is 0 Å². The molecule has 128 valence electrons. The Labute approximate surface area is 142 Å². The first kappa shape index (κ1) is 16.4. The van der Waals surface area contributed by atoms with Crippen LogP contribution >= 0.6 is 0 Å². The molecule has 1 aliphatic heterocycles. The fourth-order valence-corrected chi connectivity index (χ4v) is 2.98. The van der Waals surface area contributed by atoms with E-state index < -0.39 is 0 Å². The molecule has 3 rings (SSSR count). The molecule has 0 radical (unpaired) electrons. The molecule has 2 aromatic rings. The van der Waals surface area contributed by atoms with Crippen LogP contribution in [0.5, 0.6) is 0 Å². The Kier molecular flexibility index (Phi) is 5.10. The maximum atomic E-state index is 12.5. The van der Waals surface area contributed by atoms with Crippen molar-refractivity contribution in [2.45, 2.75) is 6.54 Å². The molecule has 0 N–H and O–H groups in total. The maximum Gasteiger partial charge on any atom is 0.236 e. The quantitative estimate of drug-likeness (QED) is 0.804. The zero-order chi connectivity index (χ0) is 16.9. The van der Waals surface area contributed by atoms with E-state index in [9.17, 15) is 4.79 Å². The summed E-state index contributed by atoms with van der Waals surface area (Å²) >= 11 is 0. The highest BCUT2D eigenvalue weighted by molar-refractivity contribution is 5.78. The minimum Gasteiger partial charge on any atom is -0.353 e. The summed E-state index contributed by atoms with van der Waals surface area (Å²) in [6.07, 6.45) is 5.62. The van der Waals surface area contributed by atoms with Gasteiger partial charge >= 0.3 is 0 Å². The number of rotatable bonds is 5. The molecule has 1 saturated heterocycles. The van der Waals surface area contributed by atoms with Crippen LogP contribution in [0.1, 0.15) is 5.56 Å². The third-order valence-electron chi connectivity index (χ3n) is 4.22. The number of nitrogens with zero attached hydrogens (tertiary/aromatic N) is 6. The Morgan fingerprint density at radius 3 is 2.67 bits per heavy atom. The van der Waals surface area contributed by atoms with Gasteiger partial charge in [-0.2, -0.15) is 5.10 Å². The van der Waals surface area contributed by atoms with Crippen molar-refractivity contribution in [3.8, 4) is 0 Å². The molecule has 0 spiro atoms. The van der Waals surface area contributed by atoms with Crippen molar-refractivity contribution in [2.75, 3.05) is 44.7 Å². The van der Waals surface area contributed by atoms with E-state index >= 15 is 0 Å². The summed E-state index contributed by atoms with van der Waals surface area (Å²) in [6, 6.07) is 5.92. The average Bonchev–Trinajstić information content (AvgIpc) is 3.00. The Morgan fingerprint density at radius 2 is 2.04 bits per heavy atom.